The lowest BCUT2D eigenvalue weighted by Crippen LogP contribution is -2.05. The van der Waals surface area contributed by atoms with Gasteiger partial charge in [0, 0.05) is 44.2 Å². The Bertz CT molecular complexity index is 3810. The second-order valence-electron chi connectivity index (χ2n) is 17.6. The van der Waals surface area contributed by atoms with Gasteiger partial charge in [0.1, 0.15) is 0 Å². The molecule has 0 aliphatic heterocycles. The number of rotatable bonds is 9. The minimum Gasteiger partial charge on any atom is -0.308 e. The van der Waals surface area contributed by atoms with Gasteiger partial charge in [-0.15, -0.1) is 0 Å². The van der Waals surface area contributed by atoms with E-state index in [0.717, 1.165) is 83.4 Å². The number of hydrogen-bond acceptors (Lipinski definition) is 7. The largest absolute Gasteiger partial charge is 0.308 e. The van der Waals surface area contributed by atoms with Crippen molar-refractivity contribution >= 4 is 21.8 Å². The van der Waals surface area contributed by atoms with Gasteiger partial charge in [-0.1, -0.05) is 158 Å². The highest BCUT2D eigenvalue weighted by molar-refractivity contribution is 6.13. The number of benzene rings is 9. The molecule has 3 heterocycles. The van der Waals surface area contributed by atoms with Gasteiger partial charge < -0.3 is 4.57 Å². The van der Waals surface area contributed by atoms with Crippen LogP contribution in [-0.2, 0) is 0 Å². The van der Waals surface area contributed by atoms with Crippen LogP contribution in [0.15, 0.2) is 231 Å². The molecule has 0 fully saturated rings. The van der Waals surface area contributed by atoms with Gasteiger partial charge in [0.2, 0.25) is 0 Å². The summed E-state index contributed by atoms with van der Waals surface area (Å²) < 4.78 is 2.28. The first kappa shape index (κ1) is 43.7. The van der Waals surface area contributed by atoms with E-state index in [-0.39, 0.29) is 0 Å². The molecule has 338 valence electrons. The predicted molar refractivity (Wildman–Crippen MR) is 290 cm³/mol. The summed E-state index contributed by atoms with van der Waals surface area (Å²) in [5, 5.41) is 32.3. The molecule has 3 aromatic heterocycles. The van der Waals surface area contributed by atoms with Crippen LogP contribution < -0.4 is 0 Å². The van der Waals surface area contributed by atoms with Crippen molar-refractivity contribution in [1.82, 2.24) is 24.5 Å². The molecule has 0 spiro atoms. The fourth-order valence-corrected chi connectivity index (χ4v) is 9.54. The van der Waals surface area contributed by atoms with E-state index >= 15 is 0 Å². The Hall–Kier alpha value is -10.6. The summed E-state index contributed by atoms with van der Waals surface area (Å²) in [7, 11) is 0. The topological polar surface area (TPSA) is 128 Å². The molecule has 0 amide bonds. The molecular weight excluding hydrogens is 893 g/mol. The average molecular weight is 931 g/mol. The van der Waals surface area contributed by atoms with Crippen molar-refractivity contribution in [3.8, 4) is 114 Å². The van der Waals surface area contributed by atoms with Crippen LogP contribution in [0.2, 0.25) is 0 Å². The third kappa shape index (κ3) is 8.32. The molecule has 0 aliphatic rings. The summed E-state index contributed by atoms with van der Waals surface area (Å²) in [6.45, 7) is 0. The van der Waals surface area contributed by atoms with Crippen LogP contribution >= 0.6 is 0 Å². The molecule has 0 radical (unpaired) electrons. The first-order valence-electron chi connectivity index (χ1n) is 23.7. The maximum Gasteiger partial charge on any atom is 0.160 e. The molecule has 9 aromatic carbocycles. The highest BCUT2D eigenvalue weighted by Gasteiger charge is 2.25. The van der Waals surface area contributed by atoms with Gasteiger partial charge in [0.15, 0.2) is 11.6 Å². The van der Waals surface area contributed by atoms with Crippen LogP contribution in [0, 0.1) is 34.0 Å². The maximum absolute atomic E-state index is 11.1. The zero-order chi connectivity index (χ0) is 49.3. The summed E-state index contributed by atoms with van der Waals surface area (Å²) in [5.41, 5.74) is 15.6. The van der Waals surface area contributed by atoms with Crippen molar-refractivity contribution in [2.45, 2.75) is 0 Å². The Kier molecular flexibility index (Phi) is 11.2. The van der Waals surface area contributed by atoms with E-state index in [1.807, 2.05) is 194 Å². The van der Waals surface area contributed by atoms with E-state index in [2.05, 4.69) is 59.2 Å². The van der Waals surface area contributed by atoms with E-state index in [4.69, 9.17) is 19.9 Å². The second-order valence-corrected chi connectivity index (χ2v) is 17.6. The summed E-state index contributed by atoms with van der Waals surface area (Å²) in [6.07, 6.45) is 0. The van der Waals surface area contributed by atoms with Crippen LogP contribution in [0.4, 0.5) is 0 Å². The zero-order valence-corrected chi connectivity index (χ0v) is 39.0. The van der Waals surface area contributed by atoms with Gasteiger partial charge in [-0.2, -0.15) is 15.8 Å². The van der Waals surface area contributed by atoms with Crippen LogP contribution in [-0.4, -0.2) is 24.5 Å². The van der Waals surface area contributed by atoms with Gasteiger partial charge in [0.05, 0.1) is 74.4 Å². The summed E-state index contributed by atoms with van der Waals surface area (Å²) >= 11 is 0. The van der Waals surface area contributed by atoms with Gasteiger partial charge in [-0.25, -0.2) is 19.9 Å². The number of hydrogen-bond donors (Lipinski definition) is 0. The number of fused-ring (bicyclic) bond motifs is 3. The molecule has 12 rings (SSSR count). The summed E-state index contributed by atoms with van der Waals surface area (Å²) in [4.78, 5) is 21.1. The maximum atomic E-state index is 11.1. The fourth-order valence-electron chi connectivity index (χ4n) is 9.54. The lowest BCUT2D eigenvalue weighted by molar-refractivity contribution is 1.14. The molecule has 73 heavy (non-hydrogen) atoms. The minimum absolute atomic E-state index is 0.419. The zero-order valence-electron chi connectivity index (χ0n) is 39.0. The fraction of sp³-hybridized carbons (Fsp3) is 0. The lowest BCUT2D eigenvalue weighted by Gasteiger charge is -2.20. The third-order valence-corrected chi connectivity index (χ3v) is 13.1. The Morgan fingerprint density at radius 3 is 1.00 bits per heavy atom. The van der Waals surface area contributed by atoms with Crippen molar-refractivity contribution < 1.29 is 0 Å². The first-order chi connectivity index (χ1) is 36.0. The number of nitrogens with zero attached hydrogens (tertiary/aromatic N) is 8. The Labute approximate surface area is 421 Å². The quantitative estimate of drug-likeness (QED) is 0.141. The SMILES string of the molecule is N#Cc1ccc(-c2ccc3c(c2)c2cc(-c4ccc(C#N)cc4)ccc2n3-c2c(-c3cc(-c4ccccc4)nc(-c4ccccc4)n3)cc(C#N)cc2-c2cc(-c3ccccc3)nc(-c3ccccc3)n2)cc1. The van der Waals surface area contributed by atoms with Gasteiger partial charge in [-0.3, -0.25) is 0 Å². The van der Waals surface area contributed by atoms with E-state index < -0.39 is 0 Å². The van der Waals surface area contributed by atoms with Crippen LogP contribution in [0.5, 0.6) is 0 Å². The standard InChI is InChI=1S/C65H38N8/c66-39-42-21-25-45(26-22-42)51-29-31-61-53(35-51)54-36-52(46-27-23-43(40-67)24-28-46)30-32-62(54)73(61)63-55(59-37-57(47-13-5-1-6-14-47)69-64(71-59)49-17-9-3-10-18-49)33-44(41-68)34-56(63)60-38-58(48-15-7-2-8-16-48)70-65(72-60)50-19-11-4-12-20-50/h1-38H. The Morgan fingerprint density at radius 2 is 0.630 bits per heavy atom. The smallest absolute Gasteiger partial charge is 0.160 e. The van der Waals surface area contributed by atoms with E-state index in [9.17, 15) is 15.8 Å². The predicted octanol–water partition coefficient (Wildman–Crippen LogP) is 15.3. The van der Waals surface area contributed by atoms with Gasteiger partial charge >= 0.3 is 0 Å². The van der Waals surface area contributed by atoms with Crippen molar-refractivity contribution in [3.05, 3.63) is 247 Å². The molecule has 0 atom stereocenters. The first-order valence-corrected chi connectivity index (χ1v) is 23.7. The molecule has 8 nitrogen and oxygen atoms in total. The molecule has 0 unspecified atom stereocenters. The van der Waals surface area contributed by atoms with Crippen molar-refractivity contribution in [3.63, 3.8) is 0 Å². The molecule has 8 heteroatoms. The summed E-state index contributed by atoms with van der Waals surface area (Å²) in [6, 6.07) is 83.1. The number of nitriles is 3. The Balaban J connectivity index is 1.22. The number of aromatic nitrogens is 5. The molecule has 0 bridgehead atoms. The van der Waals surface area contributed by atoms with Crippen LogP contribution in [0.3, 0.4) is 0 Å². The molecule has 0 aliphatic carbocycles. The third-order valence-electron chi connectivity index (χ3n) is 13.1. The molecule has 0 saturated carbocycles. The molecule has 0 saturated heterocycles. The highest BCUT2D eigenvalue weighted by atomic mass is 15.0. The average Bonchev–Trinajstić information content (AvgIpc) is 3.80. The molecule has 12 aromatic rings. The second kappa shape index (κ2) is 18.7. The lowest BCUT2D eigenvalue weighted by atomic mass is 9.95. The van der Waals surface area contributed by atoms with E-state index in [1.54, 1.807) is 0 Å². The normalized spacial score (nSPS) is 11.0. The molecular formula is C65H38N8. The monoisotopic (exact) mass is 930 g/mol. The van der Waals surface area contributed by atoms with E-state index in [0.29, 0.717) is 50.9 Å². The summed E-state index contributed by atoms with van der Waals surface area (Å²) in [5.74, 6) is 1.07. The molecule has 0 N–H and O–H groups in total. The van der Waals surface area contributed by atoms with Crippen molar-refractivity contribution in [2.75, 3.05) is 0 Å². The van der Waals surface area contributed by atoms with E-state index in [1.165, 1.54) is 0 Å². The van der Waals surface area contributed by atoms with Crippen molar-refractivity contribution in [2.24, 2.45) is 0 Å². The Morgan fingerprint density at radius 1 is 0.288 bits per heavy atom. The van der Waals surface area contributed by atoms with Crippen LogP contribution in [0.25, 0.3) is 118 Å². The van der Waals surface area contributed by atoms with Gasteiger partial charge in [0.25, 0.3) is 0 Å². The van der Waals surface area contributed by atoms with Gasteiger partial charge in [-0.05, 0) is 95.1 Å². The minimum atomic E-state index is 0.419. The van der Waals surface area contributed by atoms with Crippen LogP contribution in [0.1, 0.15) is 16.7 Å². The highest BCUT2D eigenvalue weighted by Crippen LogP contribution is 2.45. The van der Waals surface area contributed by atoms with Crippen molar-refractivity contribution in [1.29, 1.82) is 15.8 Å².